The van der Waals surface area contributed by atoms with Gasteiger partial charge in [0.15, 0.2) is 0 Å². The number of rotatable bonds is 6. The highest BCUT2D eigenvalue weighted by atomic mass is 19.1. The molecule has 1 aliphatic heterocycles. The van der Waals surface area contributed by atoms with Gasteiger partial charge in [-0.2, -0.15) is 0 Å². The van der Waals surface area contributed by atoms with Crippen LogP contribution in [0.15, 0.2) is 36.9 Å². The summed E-state index contributed by atoms with van der Waals surface area (Å²) in [4.78, 5) is 23.7. The molecule has 0 spiro atoms. The van der Waals surface area contributed by atoms with Gasteiger partial charge in [0.05, 0.1) is 12.0 Å². The zero-order valence-corrected chi connectivity index (χ0v) is 12.2. The number of carbonyl (C=O) groups excluding carboxylic acids is 2. The lowest BCUT2D eigenvalue weighted by molar-refractivity contribution is -0.125. The van der Waals surface area contributed by atoms with Crippen molar-refractivity contribution < 1.29 is 18.7 Å². The average molecular weight is 306 g/mol. The zero-order chi connectivity index (χ0) is 15.9. The Bertz CT molecular complexity index is 545. The second-order valence-electron chi connectivity index (χ2n) is 5.02. The van der Waals surface area contributed by atoms with Gasteiger partial charge in [0.25, 0.3) is 5.91 Å². The van der Waals surface area contributed by atoms with E-state index in [9.17, 15) is 14.0 Å². The van der Waals surface area contributed by atoms with Crippen LogP contribution < -0.4 is 10.6 Å². The number of hydrogen-bond acceptors (Lipinski definition) is 3. The molecule has 1 heterocycles. The molecule has 1 fully saturated rings. The van der Waals surface area contributed by atoms with Gasteiger partial charge in [0.1, 0.15) is 5.82 Å². The molecule has 2 N–H and O–H groups in total. The number of carbonyl (C=O) groups is 2. The summed E-state index contributed by atoms with van der Waals surface area (Å²) in [7, 11) is 0. The molecule has 0 saturated carbocycles. The van der Waals surface area contributed by atoms with Crippen LogP contribution in [0.1, 0.15) is 16.8 Å². The highest BCUT2D eigenvalue weighted by molar-refractivity contribution is 5.94. The summed E-state index contributed by atoms with van der Waals surface area (Å²) >= 11 is 0. The van der Waals surface area contributed by atoms with E-state index in [-0.39, 0.29) is 29.7 Å². The minimum Gasteiger partial charge on any atom is -0.373 e. The van der Waals surface area contributed by atoms with Crippen LogP contribution in [0.5, 0.6) is 0 Å². The molecule has 2 amide bonds. The zero-order valence-electron chi connectivity index (χ0n) is 12.2. The monoisotopic (exact) mass is 306 g/mol. The molecule has 2 rings (SSSR count). The maximum absolute atomic E-state index is 12.8. The fraction of sp³-hybridized carbons (Fsp3) is 0.375. The van der Waals surface area contributed by atoms with E-state index >= 15 is 0 Å². The van der Waals surface area contributed by atoms with Crippen LogP contribution in [0.3, 0.4) is 0 Å². The van der Waals surface area contributed by atoms with Crippen molar-refractivity contribution in [3.63, 3.8) is 0 Å². The van der Waals surface area contributed by atoms with Crippen molar-refractivity contribution in [3.05, 3.63) is 48.3 Å². The van der Waals surface area contributed by atoms with Crippen LogP contribution in [0.25, 0.3) is 0 Å². The van der Waals surface area contributed by atoms with Crippen LogP contribution in [-0.2, 0) is 9.53 Å². The van der Waals surface area contributed by atoms with E-state index in [0.29, 0.717) is 31.7 Å². The molecule has 0 unspecified atom stereocenters. The fourth-order valence-electron chi connectivity index (χ4n) is 2.32. The third-order valence-electron chi connectivity index (χ3n) is 3.52. The molecular formula is C16H19FN2O3. The summed E-state index contributed by atoms with van der Waals surface area (Å²) in [5.41, 5.74) is 0.378. The number of ether oxygens (including phenoxy) is 1. The van der Waals surface area contributed by atoms with Gasteiger partial charge in [-0.25, -0.2) is 4.39 Å². The van der Waals surface area contributed by atoms with Crippen LogP contribution in [0.2, 0.25) is 0 Å². The molecule has 1 aromatic carbocycles. The molecule has 118 valence electrons. The van der Waals surface area contributed by atoms with E-state index in [4.69, 9.17) is 4.74 Å². The highest BCUT2D eigenvalue weighted by Crippen LogP contribution is 2.21. The Kier molecular flexibility index (Phi) is 5.66. The summed E-state index contributed by atoms with van der Waals surface area (Å²) in [6, 6.07) is 5.28. The Balaban J connectivity index is 1.70. The quantitative estimate of drug-likeness (QED) is 0.614. The molecule has 1 aliphatic rings. The van der Waals surface area contributed by atoms with Crippen molar-refractivity contribution in [3.8, 4) is 0 Å². The van der Waals surface area contributed by atoms with Crippen molar-refractivity contribution >= 4 is 11.8 Å². The summed E-state index contributed by atoms with van der Waals surface area (Å²) < 4.78 is 18.1. The lowest BCUT2D eigenvalue weighted by Gasteiger charge is -2.14. The van der Waals surface area contributed by atoms with E-state index in [1.165, 1.54) is 24.3 Å². The van der Waals surface area contributed by atoms with Gasteiger partial charge < -0.3 is 15.4 Å². The van der Waals surface area contributed by atoms with E-state index in [1.54, 1.807) is 6.08 Å². The first kappa shape index (κ1) is 16.2. The molecular weight excluding hydrogens is 287 g/mol. The standard InChI is InChI=1S/C16H19FN2O3/c1-2-14-13(7-10-22-14)16(21)19-9-8-18-15(20)11-3-5-12(17)6-4-11/h2-6,13-14H,1,7-10H2,(H,18,20)(H,19,21)/t13-,14+/m1/s1. The Morgan fingerprint density at radius 1 is 1.27 bits per heavy atom. The molecule has 0 aliphatic carbocycles. The first-order chi connectivity index (χ1) is 10.6. The Labute approximate surface area is 128 Å². The second-order valence-corrected chi connectivity index (χ2v) is 5.02. The molecule has 6 heteroatoms. The first-order valence-corrected chi connectivity index (χ1v) is 7.17. The van der Waals surface area contributed by atoms with E-state index in [1.807, 2.05) is 0 Å². The molecule has 1 saturated heterocycles. The minimum absolute atomic E-state index is 0.0987. The lowest BCUT2D eigenvalue weighted by Crippen LogP contribution is -2.39. The third kappa shape index (κ3) is 4.14. The smallest absolute Gasteiger partial charge is 0.251 e. The van der Waals surface area contributed by atoms with Gasteiger partial charge in [0, 0.05) is 25.3 Å². The predicted octanol–water partition coefficient (Wildman–Crippen LogP) is 1.26. The Morgan fingerprint density at radius 2 is 1.95 bits per heavy atom. The molecule has 2 atom stereocenters. The second kappa shape index (κ2) is 7.70. The number of hydrogen-bond donors (Lipinski definition) is 2. The predicted molar refractivity (Wildman–Crippen MR) is 79.8 cm³/mol. The maximum atomic E-state index is 12.8. The molecule has 5 nitrogen and oxygen atoms in total. The Morgan fingerprint density at radius 3 is 2.64 bits per heavy atom. The third-order valence-corrected chi connectivity index (χ3v) is 3.52. The molecule has 22 heavy (non-hydrogen) atoms. The summed E-state index contributed by atoms with van der Waals surface area (Å²) in [5, 5.41) is 5.43. The SMILES string of the molecule is C=C[C@@H]1OCC[C@H]1C(=O)NCCNC(=O)c1ccc(F)cc1. The number of benzene rings is 1. The van der Waals surface area contributed by atoms with Crippen LogP contribution in [0, 0.1) is 11.7 Å². The summed E-state index contributed by atoms with van der Waals surface area (Å²) in [6.07, 6.45) is 2.06. The van der Waals surface area contributed by atoms with Crippen molar-refractivity contribution in [1.82, 2.24) is 10.6 Å². The van der Waals surface area contributed by atoms with Crippen LogP contribution in [0.4, 0.5) is 4.39 Å². The fourth-order valence-corrected chi connectivity index (χ4v) is 2.32. The first-order valence-electron chi connectivity index (χ1n) is 7.17. The summed E-state index contributed by atoms with van der Waals surface area (Å²) in [5.74, 6) is -1.01. The van der Waals surface area contributed by atoms with Crippen molar-refractivity contribution in [2.45, 2.75) is 12.5 Å². The van der Waals surface area contributed by atoms with Gasteiger partial charge in [-0.1, -0.05) is 6.08 Å². The van der Waals surface area contributed by atoms with Crippen molar-refractivity contribution in [2.75, 3.05) is 19.7 Å². The van der Waals surface area contributed by atoms with Gasteiger partial charge in [-0.3, -0.25) is 9.59 Å². The number of nitrogens with one attached hydrogen (secondary N) is 2. The average Bonchev–Trinajstić information content (AvgIpc) is 3.00. The minimum atomic E-state index is -0.389. The van der Waals surface area contributed by atoms with E-state index in [0.717, 1.165) is 0 Å². The van der Waals surface area contributed by atoms with Gasteiger partial charge >= 0.3 is 0 Å². The van der Waals surface area contributed by atoms with Crippen molar-refractivity contribution in [2.24, 2.45) is 5.92 Å². The largest absolute Gasteiger partial charge is 0.373 e. The lowest BCUT2D eigenvalue weighted by atomic mass is 10.0. The van der Waals surface area contributed by atoms with E-state index in [2.05, 4.69) is 17.2 Å². The normalized spacial score (nSPS) is 20.4. The maximum Gasteiger partial charge on any atom is 0.251 e. The highest BCUT2D eigenvalue weighted by Gasteiger charge is 2.31. The van der Waals surface area contributed by atoms with Crippen LogP contribution >= 0.6 is 0 Å². The van der Waals surface area contributed by atoms with Gasteiger partial charge in [-0.05, 0) is 30.7 Å². The molecule has 1 aromatic rings. The summed E-state index contributed by atoms with van der Waals surface area (Å²) in [6.45, 7) is 4.82. The van der Waals surface area contributed by atoms with Crippen LogP contribution in [-0.4, -0.2) is 37.6 Å². The number of halogens is 1. The van der Waals surface area contributed by atoms with Crippen molar-refractivity contribution in [1.29, 1.82) is 0 Å². The molecule has 0 bridgehead atoms. The number of amides is 2. The topological polar surface area (TPSA) is 67.4 Å². The molecule has 0 aromatic heterocycles. The van der Waals surface area contributed by atoms with E-state index < -0.39 is 0 Å². The molecule has 0 radical (unpaired) electrons. The Hall–Kier alpha value is -2.21. The van der Waals surface area contributed by atoms with Gasteiger partial charge in [-0.15, -0.1) is 6.58 Å². The van der Waals surface area contributed by atoms with Gasteiger partial charge in [0.2, 0.25) is 5.91 Å².